The second kappa shape index (κ2) is 6.68. The molecule has 0 radical (unpaired) electrons. The molecule has 0 aliphatic heterocycles. The number of benzene rings is 1. The van der Waals surface area contributed by atoms with Gasteiger partial charge in [0.15, 0.2) is 5.78 Å². The van der Waals surface area contributed by atoms with Crippen molar-refractivity contribution in [3.05, 3.63) is 29.8 Å². The maximum Gasteiger partial charge on any atom is 0.179 e. The average Bonchev–Trinajstić information content (AvgIpc) is 2.35. The van der Waals surface area contributed by atoms with Gasteiger partial charge in [-0.05, 0) is 25.5 Å². The van der Waals surface area contributed by atoms with E-state index in [1.54, 1.807) is 24.3 Å². The molecule has 0 fully saturated rings. The lowest BCUT2D eigenvalue weighted by Crippen LogP contribution is -2.32. The molecule has 0 saturated heterocycles. The number of ketones is 1. The van der Waals surface area contributed by atoms with Gasteiger partial charge in [0.25, 0.3) is 0 Å². The summed E-state index contributed by atoms with van der Waals surface area (Å²) in [4.78, 5) is 12.0. The molecule has 1 aromatic rings. The Balaban J connectivity index is 2.73. The normalized spacial score (nSPS) is 13.0. The number of carbonyl (C=O) groups is 1. The van der Waals surface area contributed by atoms with Crippen molar-refractivity contribution in [2.75, 3.05) is 18.6 Å². The Bertz CT molecular complexity index is 539. The Morgan fingerprint density at radius 2 is 2.11 bits per heavy atom. The SMILES string of the molecule is CCOc1cccc(C(=O)C(N)CCS(C)(=O)=O)c1. The minimum atomic E-state index is -3.11. The molecule has 1 rings (SSSR count). The van der Waals surface area contributed by atoms with Gasteiger partial charge in [-0.2, -0.15) is 0 Å². The van der Waals surface area contributed by atoms with Gasteiger partial charge in [0.05, 0.1) is 18.4 Å². The van der Waals surface area contributed by atoms with Crippen molar-refractivity contribution in [3.8, 4) is 5.75 Å². The topological polar surface area (TPSA) is 86.5 Å². The van der Waals surface area contributed by atoms with E-state index >= 15 is 0 Å². The summed E-state index contributed by atoms with van der Waals surface area (Å²) in [5, 5.41) is 0. The second-order valence-corrected chi connectivity index (χ2v) is 6.61. The highest BCUT2D eigenvalue weighted by Gasteiger charge is 2.18. The monoisotopic (exact) mass is 285 g/mol. The van der Waals surface area contributed by atoms with Crippen molar-refractivity contribution in [3.63, 3.8) is 0 Å². The number of ether oxygens (including phenoxy) is 1. The van der Waals surface area contributed by atoms with Gasteiger partial charge in [-0.1, -0.05) is 12.1 Å². The van der Waals surface area contributed by atoms with Gasteiger partial charge in [-0.3, -0.25) is 4.79 Å². The fourth-order valence-corrected chi connectivity index (χ4v) is 2.27. The number of nitrogens with two attached hydrogens (primary N) is 1. The van der Waals surface area contributed by atoms with Gasteiger partial charge < -0.3 is 10.5 Å². The molecular formula is C13H19NO4S. The molecule has 0 spiro atoms. The third kappa shape index (κ3) is 5.40. The van der Waals surface area contributed by atoms with E-state index in [0.29, 0.717) is 17.9 Å². The molecule has 1 unspecified atom stereocenters. The molecule has 106 valence electrons. The number of sulfone groups is 1. The number of hydrogen-bond acceptors (Lipinski definition) is 5. The third-order valence-electron chi connectivity index (χ3n) is 2.57. The summed E-state index contributed by atoms with van der Waals surface area (Å²) in [6, 6.07) is 5.91. The Kier molecular flexibility index (Phi) is 5.50. The Morgan fingerprint density at radius 3 is 2.68 bits per heavy atom. The lowest BCUT2D eigenvalue weighted by atomic mass is 10.0. The molecule has 0 aromatic heterocycles. The first-order chi connectivity index (χ1) is 8.83. The fraction of sp³-hybridized carbons (Fsp3) is 0.462. The zero-order valence-electron chi connectivity index (χ0n) is 11.1. The fourth-order valence-electron chi connectivity index (χ4n) is 1.59. The molecule has 6 heteroatoms. The number of Topliss-reactive ketones (excluding diaryl/α,β-unsaturated/α-hetero) is 1. The van der Waals surface area contributed by atoms with E-state index in [0.717, 1.165) is 6.26 Å². The zero-order chi connectivity index (χ0) is 14.5. The Labute approximate surface area is 113 Å². The van der Waals surface area contributed by atoms with Crippen molar-refractivity contribution >= 4 is 15.6 Å². The Hall–Kier alpha value is -1.40. The predicted molar refractivity (Wildman–Crippen MR) is 74.2 cm³/mol. The van der Waals surface area contributed by atoms with Crippen molar-refractivity contribution in [2.24, 2.45) is 5.73 Å². The summed E-state index contributed by atoms with van der Waals surface area (Å²) in [5.41, 5.74) is 6.16. The van der Waals surface area contributed by atoms with Crippen LogP contribution in [-0.4, -0.2) is 38.9 Å². The van der Waals surface area contributed by atoms with Gasteiger partial charge in [-0.15, -0.1) is 0 Å². The quantitative estimate of drug-likeness (QED) is 0.756. The van der Waals surface area contributed by atoms with E-state index in [2.05, 4.69) is 0 Å². The first-order valence-corrected chi connectivity index (χ1v) is 8.10. The molecular weight excluding hydrogens is 266 g/mol. The summed E-state index contributed by atoms with van der Waals surface area (Å²) >= 11 is 0. The maximum absolute atomic E-state index is 12.0. The minimum Gasteiger partial charge on any atom is -0.494 e. The lowest BCUT2D eigenvalue weighted by Gasteiger charge is -2.11. The van der Waals surface area contributed by atoms with Crippen molar-refractivity contribution in [1.29, 1.82) is 0 Å². The highest BCUT2D eigenvalue weighted by Crippen LogP contribution is 2.15. The van der Waals surface area contributed by atoms with E-state index in [4.69, 9.17) is 10.5 Å². The first kappa shape index (κ1) is 15.7. The molecule has 0 aliphatic carbocycles. The van der Waals surface area contributed by atoms with Crippen LogP contribution >= 0.6 is 0 Å². The molecule has 1 aromatic carbocycles. The predicted octanol–water partition coefficient (Wildman–Crippen LogP) is 1.03. The molecule has 2 N–H and O–H groups in total. The molecule has 1 atom stereocenters. The van der Waals surface area contributed by atoms with Crippen LogP contribution in [0, 0.1) is 0 Å². The van der Waals surface area contributed by atoms with Crippen LogP contribution in [0.15, 0.2) is 24.3 Å². The summed E-state index contributed by atoms with van der Waals surface area (Å²) in [5.74, 6) is 0.235. The number of rotatable bonds is 7. The largest absolute Gasteiger partial charge is 0.494 e. The van der Waals surface area contributed by atoms with Crippen LogP contribution in [0.4, 0.5) is 0 Å². The van der Waals surface area contributed by atoms with Gasteiger partial charge in [-0.25, -0.2) is 8.42 Å². The van der Waals surface area contributed by atoms with Crippen LogP contribution in [-0.2, 0) is 9.84 Å². The standard InChI is InChI=1S/C13H19NO4S/c1-3-18-11-6-4-5-10(9-11)13(15)12(14)7-8-19(2,16)17/h4-6,9,12H,3,7-8,14H2,1-2H3. The van der Waals surface area contributed by atoms with Crippen LogP contribution in [0.2, 0.25) is 0 Å². The highest BCUT2D eigenvalue weighted by molar-refractivity contribution is 7.90. The summed E-state index contributed by atoms with van der Waals surface area (Å²) < 4.78 is 27.4. The smallest absolute Gasteiger partial charge is 0.179 e. The minimum absolute atomic E-state index is 0.0922. The summed E-state index contributed by atoms with van der Waals surface area (Å²) in [6.07, 6.45) is 1.25. The third-order valence-corrected chi connectivity index (χ3v) is 3.54. The van der Waals surface area contributed by atoms with Crippen LogP contribution in [0.1, 0.15) is 23.7 Å². The van der Waals surface area contributed by atoms with E-state index < -0.39 is 15.9 Å². The van der Waals surface area contributed by atoms with Crippen LogP contribution < -0.4 is 10.5 Å². The van der Waals surface area contributed by atoms with E-state index in [9.17, 15) is 13.2 Å². The van der Waals surface area contributed by atoms with Gasteiger partial charge in [0.1, 0.15) is 15.6 Å². The van der Waals surface area contributed by atoms with Gasteiger partial charge in [0.2, 0.25) is 0 Å². The van der Waals surface area contributed by atoms with Crippen LogP contribution in [0.25, 0.3) is 0 Å². The highest BCUT2D eigenvalue weighted by atomic mass is 32.2. The van der Waals surface area contributed by atoms with E-state index in [1.165, 1.54) is 0 Å². The van der Waals surface area contributed by atoms with Gasteiger partial charge in [0, 0.05) is 11.8 Å². The molecule has 0 bridgehead atoms. The van der Waals surface area contributed by atoms with E-state index in [1.807, 2.05) is 6.92 Å². The van der Waals surface area contributed by atoms with Crippen LogP contribution in [0.3, 0.4) is 0 Å². The zero-order valence-corrected chi connectivity index (χ0v) is 11.9. The first-order valence-electron chi connectivity index (χ1n) is 6.04. The lowest BCUT2D eigenvalue weighted by molar-refractivity contribution is 0.0959. The van der Waals surface area contributed by atoms with Crippen molar-refractivity contribution in [2.45, 2.75) is 19.4 Å². The summed E-state index contributed by atoms with van der Waals surface area (Å²) in [7, 11) is -3.11. The van der Waals surface area contributed by atoms with Gasteiger partial charge >= 0.3 is 0 Å². The molecule has 0 amide bonds. The molecule has 0 saturated carbocycles. The summed E-state index contributed by atoms with van der Waals surface area (Å²) in [6.45, 7) is 2.37. The molecule has 19 heavy (non-hydrogen) atoms. The molecule has 0 aliphatic rings. The number of carbonyl (C=O) groups excluding carboxylic acids is 1. The second-order valence-electron chi connectivity index (χ2n) is 4.35. The molecule has 0 heterocycles. The Morgan fingerprint density at radius 1 is 1.42 bits per heavy atom. The molecule has 5 nitrogen and oxygen atoms in total. The van der Waals surface area contributed by atoms with Crippen LogP contribution in [0.5, 0.6) is 5.75 Å². The average molecular weight is 285 g/mol. The van der Waals surface area contributed by atoms with Crippen molar-refractivity contribution < 1.29 is 17.9 Å². The van der Waals surface area contributed by atoms with Crippen molar-refractivity contribution in [1.82, 2.24) is 0 Å². The number of hydrogen-bond donors (Lipinski definition) is 1. The maximum atomic E-state index is 12.0. The van der Waals surface area contributed by atoms with E-state index in [-0.39, 0.29) is 18.0 Å².